The number of carbonyl (C=O) groups is 2. The summed E-state index contributed by atoms with van der Waals surface area (Å²) < 4.78 is 17.8. The lowest BCUT2D eigenvalue weighted by Crippen LogP contribution is -2.31. The van der Waals surface area contributed by atoms with Crippen molar-refractivity contribution in [1.82, 2.24) is 10.3 Å². The van der Waals surface area contributed by atoms with Crippen LogP contribution in [0.4, 0.5) is 4.39 Å². The van der Waals surface area contributed by atoms with Crippen molar-refractivity contribution in [2.75, 3.05) is 6.61 Å². The van der Waals surface area contributed by atoms with Crippen molar-refractivity contribution in [2.45, 2.75) is 13.0 Å². The highest BCUT2D eigenvalue weighted by Crippen LogP contribution is 2.31. The van der Waals surface area contributed by atoms with Gasteiger partial charge in [-0.15, -0.1) is 0 Å². The summed E-state index contributed by atoms with van der Waals surface area (Å²) in [6.45, 7) is 1.17. The molecule has 1 atom stereocenters. The molecule has 0 aliphatic carbocycles. The highest BCUT2D eigenvalue weighted by molar-refractivity contribution is 6.48. The fourth-order valence-corrected chi connectivity index (χ4v) is 2.46. The van der Waals surface area contributed by atoms with E-state index in [2.05, 4.69) is 10.3 Å². The molecule has 0 radical (unpaired) electrons. The normalized spacial score (nSPS) is 11.7. The van der Waals surface area contributed by atoms with E-state index in [0.717, 1.165) is 6.20 Å². The number of carbonyl (C=O) groups excluding carboxylic acids is 2. The Balaban J connectivity index is 1.92. The van der Waals surface area contributed by atoms with E-state index in [4.69, 9.17) is 39.5 Å². The van der Waals surface area contributed by atoms with Crippen LogP contribution in [-0.4, -0.2) is 23.5 Å². The molecular weight excluding hydrogens is 394 g/mol. The maximum atomic E-state index is 12.9. The summed E-state index contributed by atoms with van der Waals surface area (Å²) >= 11 is 17.4. The third-order valence-corrected chi connectivity index (χ3v) is 4.43. The largest absolute Gasteiger partial charge is 0.451 e. The first kappa shape index (κ1) is 19.4. The van der Waals surface area contributed by atoms with E-state index in [1.54, 1.807) is 19.1 Å². The van der Waals surface area contributed by atoms with Crippen molar-refractivity contribution in [3.63, 3.8) is 0 Å². The van der Waals surface area contributed by atoms with Gasteiger partial charge in [-0.05, 0) is 24.6 Å². The van der Waals surface area contributed by atoms with Crippen LogP contribution in [0, 0.1) is 5.82 Å². The van der Waals surface area contributed by atoms with Gasteiger partial charge >= 0.3 is 5.97 Å². The van der Waals surface area contributed by atoms with Gasteiger partial charge in [0, 0.05) is 6.20 Å². The van der Waals surface area contributed by atoms with Crippen molar-refractivity contribution >= 4 is 46.7 Å². The molecule has 5 nitrogen and oxygen atoms in total. The maximum absolute atomic E-state index is 12.9. The van der Waals surface area contributed by atoms with Crippen LogP contribution < -0.4 is 5.32 Å². The van der Waals surface area contributed by atoms with Crippen LogP contribution in [0.5, 0.6) is 0 Å². The number of hydrogen-bond acceptors (Lipinski definition) is 4. The van der Waals surface area contributed by atoms with Crippen LogP contribution in [-0.2, 0) is 9.53 Å². The number of nitrogens with one attached hydrogen (secondary N) is 1. The molecule has 0 aliphatic heterocycles. The zero-order chi connectivity index (χ0) is 18.6. The van der Waals surface area contributed by atoms with E-state index in [1.165, 1.54) is 12.1 Å². The second kappa shape index (κ2) is 8.47. The number of halogens is 4. The molecule has 0 unspecified atom stereocenters. The molecule has 9 heteroatoms. The monoisotopic (exact) mass is 404 g/mol. The van der Waals surface area contributed by atoms with Crippen LogP contribution in [0.1, 0.15) is 29.0 Å². The van der Waals surface area contributed by atoms with Gasteiger partial charge in [0.25, 0.3) is 5.91 Å². The van der Waals surface area contributed by atoms with Crippen LogP contribution in [0.3, 0.4) is 0 Å². The molecular formula is C16H12Cl3FN2O3. The van der Waals surface area contributed by atoms with Gasteiger partial charge in [-0.1, -0.05) is 46.9 Å². The molecule has 0 saturated heterocycles. The summed E-state index contributed by atoms with van der Waals surface area (Å²) in [6, 6.07) is 5.28. The lowest BCUT2D eigenvalue weighted by atomic mass is 10.1. The number of ether oxygens (including phenoxy) is 1. The summed E-state index contributed by atoms with van der Waals surface area (Å²) in [6.07, 6.45) is 1.16. The summed E-state index contributed by atoms with van der Waals surface area (Å²) in [7, 11) is 0. The Hall–Kier alpha value is -1.89. The number of esters is 1. The summed E-state index contributed by atoms with van der Waals surface area (Å²) in [5, 5.41) is 2.53. The molecule has 1 amide bonds. The molecule has 0 spiro atoms. The molecule has 2 rings (SSSR count). The van der Waals surface area contributed by atoms with Gasteiger partial charge in [0.05, 0.1) is 21.1 Å². The van der Waals surface area contributed by atoms with Gasteiger partial charge in [0.2, 0.25) is 0 Å². The molecule has 1 N–H and O–H groups in total. The Kier molecular flexibility index (Phi) is 6.58. The summed E-state index contributed by atoms with van der Waals surface area (Å²) in [4.78, 5) is 27.5. The zero-order valence-electron chi connectivity index (χ0n) is 12.9. The van der Waals surface area contributed by atoms with Gasteiger partial charge in [0.15, 0.2) is 12.3 Å². The first-order valence-corrected chi connectivity index (χ1v) is 8.14. The van der Waals surface area contributed by atoms with E-state index in [9.17, 15) is 14.0 Å². The lowest BCUT2D eigenvalue weighted by molar-refractivity contribution is -0.124. The molecule has 0 aliphatic rings. The predicted octanol–water partition coefficient (Wildman–Crippen LogP) is 4.22. The van der Waals surface area contributed by atoms with Gasteiger partial charge in [-0.25, -0.2) is 14.2 Å². The summed E-state index contributed by atoms with van der Waals surface area (Å²) in [5.41, 5.74) is 0.464. The van der Waals surface area contributed by atoms with E-state index in [0.29, 0.717) is 5.56 Å². The second-order valence-corrected chi connectivity index (χ2v) is 6.16. The Morgan fingerprint density at radius 2 is 1.84 bits per heavy atom. The minimum Gasteiger partial charge on any atom is -0.451 e. The number of amides is 1. The van der Waals surface area contributed by atoms with E-state index in [-0.39, 0.29) is 26.6 Å². The average Bonchev–Trinajstić information content (AvgIpc) is 2.58. The highest BCUT2D eigenvalue weighted by atomic mass is 35.5. The fraction of sp³-hybridized carbons (Fsp3) is 0.188. The van der Waals surface area contributed by atoms with Gasteiger partial charge < -0.3 is 10.1 Å². The average molecular weight is 406 g/mol. The Morgan fingerprint density at radius 1 is 1.20 bits per heavy atom. The third-order valence-electron chi connectivity index (χ3n) is 3.19. The number of benzene rings is 1. The molecule has 1 heterocycles. The third kappa shape index (κ3) is 5.04. The van der Waals surface area contributed by atoms with Crippen molar-refractivity contribution in [3.05, 3.63) is 62.6 Å². The van der Waals surface area contributed by atoms with E-state index >= 15 is 0 Å². The zero-order valence-corrected chi connectivity index (χ0v) is 15.1. The van der Waals surface area contributed by atoms with E-state index < -0.39 is 24.5 Å². The van der Waals surface area contributed by atoms with Gasteiger partial charge in [-0.2, -0.15) is 0 Å². The standard InChI is InChI=1S/C16H12Cl3FN2O3/c1-8(9-2-4-10(20)5-3-9)22-12(23)7-25-16(24)15-14(19)13(18)11(17)6-21-15/h2-6,8H,7H2,1H3,(H,22,23)/t8-/m1/s1. The second-order valence-electron chi connectivity index (χ2n) is 5.00. The molecule has 132 valence electrons. The minimum absolute atomic E-state index is 0.0281. The van der Waals surface area contributed by atoms with Crippen molar-refractivity contribution < 1.29 is 18.7 Å². The number of nitrogens with zero attached hydrogens (tertiary/aromatic N) is 1. The van der Waals surface area contributed by atoms with Crippen molar-refractivity contribution in [1.29, 1.82) is 0 Å². The van der Waals surface area contributed by atoms with Crippen LogP contribution in [0.15, 0.2) is 30.5 Å². The molecule has 1 aromatic carbocycles. The van der Waals surface area contributed by atoms with Crippen LogP contribution >= 0.6 is 34.8 Å². The Bertz CT molecular complexity index is 800. The minimum atomic E-state index is -0.909. The first-order valence-electron chi connectivity index (χ1n) is 7.01. The van der Waals surface area contributed by atoms with Crippen molar-refractivity contribution in [2.24, 2.45) is 0 Å². The Labute approximate surface area is 158 Å². The molecule has 0 saturated carbocycles. The van der Waals surface area contributed by atoms with Gasteiger partial charge in [0.1, 0.15) is 5.82 Å². The molecule has 2 aromatic rings. The molecule has 25 heavy (non-hydrogen) atoms. The topological polar surface area (TPSA) is 68.3 Å². The SMILES string of the molecule is C[C@@H](NC(=O)COC(=O)c1ncc(Cl)c(Cl)c1Cl)c1ccc(F)cc1. The Morgan fingerprint density at radius 3 is 2.48 bits per heavy atom. The smallest absolute Gasteiger partial charge is 0.359 e. The maximum Gasteiger partial charge on any atom is 0.359 e. The first-order chi connectivity index (χ1) is 11.8. The number of aromatic nitrogens is 1. The van der Waals surface area contributed by atoms with Crippen LogP contribution in [0.25, 0.3) is 0 Å². The van der Waals surface area contributed by atoms with Crippen molar-refractivity contribution in [3.8, 4) is 0 Å². The summed E-state index contributed by atoms with van der Waals surface area (Å²) in [5.74, 6) is -1.82. The molecule has 0 bridgehead atoms. The fourth-order valence-electron chi connectivity index (χ4n) is 1.90. The predicted molar refractivity (Wildman–Crippen MR) is 92.5 cm³/mol. The number of pyridine rings is 1. The van der Waals surface area contributed by atoms with Gasteiger partial charge in [-0.3, -0.25) is 4.79 Å². The lowest BCUT2D eigenvalue weighted by Gasteiger charge is -2.14. The number of hydrogen-bond donors (Lipinski definition) is 1. The molecule has 1 aromatic heterocycles. The van der Waals surface area contributed by atoms with Crippen LogP contribution in [0.2, 0.25) is 15.1 Å². The molecule has 0 fully saturated rings. The van der Waals surface area contributed by atoms with E-state index in [1.807, 2.05) is 0 Å². The number of rotatable bonds is 5. The highest BCUT2D eigenvalue weighted by Gasteiger charge is 2.20. The quantitative estimate of drug-likeness (QED) is 0.757.